The summed E-state index contributed by atoms with van der Waals surface area (Å²) < 4.78 is 5.68. The summed E-state index contributed by atoms with van der Waals surface area (Å²) in [6, 6.07) is 15.3. The minimum absolute atomic E-state index is 0.712. The number of ether oxygens (including phenoxy) is 1. The van der Waals surface area contributed by atoms with Crippen molar-refractivity contribution in [2.24, 2.45) is 5.10 Å². The van der Waals surface area contributed by atoms with Gasteiger partial charge in [0, 0.05) is 5.02 Å². The second-order valence-corrected chi connectivity index (χ2v) is 5.44. The van der Waals surface area contributed by atoms with E-state index in [1.54, 1.807) is 6.21 Å². The maximum atomic E-state index is 5.83. The molecule has 0 heterocycles. The Morgan fingerprint density at radius 1 is 1.05 bits per heavy atom. The Kier molecular flexibility index (Phi) is 6.78. The fraction of sp³-hybridized carbons (Fsp3) is 0.278. The SMILES string of the molecule is CCCCCOc1ccc(/C=N/Nc2ccc(Cl)cc2)cc1. The van der Waals surface area contributed by atoms with E-state index in [1.807, 2.05) is 48.5 Å². The molecule has 0 unspecified atom stereocenters. The zero-order chi connectivity index (χ0) is 15.6. The van der Waals surface area contributed by atoms with E-state index in [0.29, 0.717) is 5.02 Å². The molecule has 1 N–H and O–H groups in total. The summed E-state index contributed by atoms with van der Waals surface area (Å²) in [5, 5.41) is 4.91. The maximum absolute atomic E-state index is 5.83. The number of halogens is 1. The average molecular weight is 317 g/mol. The first kappa shape index (κ1) is 16.4. The zero-order valence-electron chi connectivity index (χ0n) is 12.8. The topological polar surface area (TPSA) is 33.6 Å². The van der Waals surface area contributed by atoms with Crippen molar-refractivity contribution in [3.8, 4) is 5.75 Å². The van der Waals surface area contributed by atoms with Crippen molar-refractivity contribution < 1.29 is 4.74 Å². The van der Waals surface area contributed by atoms with Gasteiger partial charge < -0.3 is 4.74 Å². The number of rotatable bonds is 8. The van der Waals surface area contributed by atoms with Crippen molar-refractivity contribution in [3.05, 3.63) is 59.1 Å². The smallest absolute Gasteiger partial charge is 0.119 e. The molecule has 0 bridgehead atoms. The Labute approximate surface area is 137 Å². The molecule has 0 aliphatic rings. The molecule has 2 aromatic rings. The number of anilines is 1. The molecule has 0 fully saturated rings. The standard InChI is InChI=1S/C18H21ClN2O/c1-2-3-4-13-22-18-11-5-15(6-12-18)14-20-21-17-9-7-16(19)8-10-17/h5-12,14,21H,2-4,13H2,1H3/b20-14+. The van der Waals surface area contributed by atoms with Crippen LogP contribution in [0.3, 0.4) is 0 Å². The van der Waals surface area contributed by atoms with Crippen molar-refractivity contribution in [1.29, 1.82) is 0 Å². The number of unbranched alkanes of at least 4 members (excludes halogenated alkanes) is 2. The first-order valence-corrected chi connectivity index (χ1v) is 7.93. The Balaban J connectivity index is 1.80. The molecule has 0 radical (unpaired) electrons. The van der Waals surface area contributed by atoms with Crippen LogP contribution in [0.1, 0.15) is 31.7 Å². The Morgan fingerprint density at radius 3 is 2.45 bits per heavy atom. The van der Waals surface area contributed by atoms with Crippen LogP contribution in [0.5, 0.6) is 5.75 Å². The Morgan fingerprint density at radius 2 is 1.77 bits per heavy atom. The van der Waals surface area contributed by atoms with Gasteiger partial charge in [-0.3, -0.25) is 5.43 Å². The largest absolute Gasteiger partial charge is 0.494 e. The average Bonchev–Trinajstić information content (AvgIpc) is 2.55. The highest BCUT2D eigenvalue weighted by atomic mass is 35.5. The third-order valence-corrected chi connectivity index (χ3v) is 3.40. The summed E-state index contributed by atoms with van der Waals surface area (Å²) in [4.78, 5) is 0. The van der Waals surface area contributed by atoms with E-state index in [4.69, 9.17) is 16.3 Å². The predicted octanol–water partition coefficient (Wildman–Crippen LogP) is 5.36. The number of nitrogens with one attached hydrogen (secondary N) is 1. The number of nitrogens with zero attached hydrogens (tertiary/aromatic N) is 1. The van der Waals surface area contributed by atoms with Crippen LogP contribution in [0.15, 0.2) is 53.6 Å². The molecule has 3 nitrogen and oxygen atoms in total. The molecule has 4 heteroatoms. The van der Waals surface area contributed by atoms with E-state index in [-0.39, 0.29) is 0 Å². The summed E-state index contributed by atoms with van der Waals surface area (Å²) in [5.41, 5.74) is 4.88. The molecule has 0 atom stereocenters. The molecule has 0 amide bonds. The molecule has 116 valence electrons. The minimum Gasteiger partial charge on any atom is -0.494 e. The van der Waals surface area contributed by atoms with Gasteiger partial charge in [0.25, 0.3) is 0 Å². The number of hydrogen-bond acceptors (Lipinski definition) is 3. The van der Waals surface area contributed by atoms with Gasteiger partial charge in [0.2, 0.25) is 0 Å². The lowest BCUT2D eigenvalue weighted by Gasteiger charge is -2.05. The van der Waals surface area contributed by atoms with Gasteiger partial charge in [-0.1, -0.05) is 31.4 Å². The minimum atomic E-state index is 0.712. The van der Waals surface area contributed by atoms with Gasteiger partial charge in [-0.15, -0.1) is 0 Å². The third-order valence-electron chi connectivity index (χ3n) is 3.15. The summed E-state index contributed by atoms with van der Waals surface area (Å²) in [7, 11) is 0. The highest BCUT2D eigenvalue weighted by Gasteiger charge is 1.94. The molecule has 2 aromatic carbocycles. The van der Waals surface area contributed by atoms with Crippen LogP contribution >= 0.6 is 11.6 Å². The maximum Gasteiger partial charge on any atom is 0.119 e. The predicted molar refractivity (Wildman–Crippen MR) is 94.1 cm³/mol. The number of hydrogen-bond donors (Lipinski definition) is 1. The third kappa shape index (κ3) is 5.78. The molecular formula is C18H21ClN2O. The summed E-state index contributed by atoms with van der Waals surface area (Å²) >= 11 is 5.83. The van der Waals surface area contributed by atoms with E-state index in [2.05, 4.69) is 17.5 Å². The molecule has 0 aliphatic heterocycles. The van der Waals surface area contributed by atoms with Crippen LogP contribution in [-0.2, 0) is 0 Å². The van der Waals surface area contributed by atoms with E-state index in [1.165, 1.54) is 12.8 Å². The number of hydrazone groups is 1. The van der Waals surface area contributed by atoms with Crippen molar-refractivity contribution in [2.45, 2.75) is 26.2 Å². The Bertz CT molecular complexity index is 579. The van der Waals surface area contributed by atoms with Gasteiger partial charge in [-0.2, -0.15) is 5.10 Å². The Hall–Kier alpha value is -2.00. The fourth-order valence-electron chi connectivity index (χ4n) is 1.90. The van der Waals surface area contributed by atoms with Gasteiger partial charge in [0.15, 0.2) is 0 Å². The van der Waals surface area contributed by atoms with Gasteiger partial charge in [-0.25, -0.2) is 0 Å². The lowest BCUT2D eigenvalue weighted by Crippen LogP contribution is -1.97. The van der Waals surface area contributed by atoms with Gasteiger partial charge in [-0.05, 0) is 60.5 Å². The van der Waals surface area contributed by atoms with Crippen molar-refractivity contribution in [3.63, 3.8) is 0 Å². The van der Waals surface area contributed by atoms with Gasteiger partial charge in [0.1, 0.15) is 5.75 Å². The second-order valence-electron chi connectivity index (χ2n) is 5.00. The molecule has 2 rings (SSSR count). The summed E-state index contributed by atoms with van der Waals surface area (Å²) in [6.07, 6.45) is 5.29. The zero-order valence-corrected chi connectivity index (χ0v) is 13.5. The van der Waals surface area contributed by atoms with Crippen LogP contribution < -0.4 is 10.2 Å². The normalized spacial score (nSPS) is 10.8. The molecule has 0 aliphatic carbocycles. The van der Waals surface area contributed by atoms with Crippen LogP contribution in [0, 0.1) is 0 Å². The molecular weight excluding hydrogens is 296 g/mol. The van der Waals surface area contributed by atoms with Crippen LogP contribution in [-0.4, -0.2) is 12.8 Å². The van der Waals surface area contributed by atoms with Crippen LogP contribution in [0.25, 0.3) is 0 Å². The summed E-state index contributed by atoms with van der Waals surface area (Å²) in [6.45, 7) is 2.96. The van der Waals surface area contributed by atoms with Crippen molar-refractivity contribution in [1.82, 2.24) is 0 Å². The van der Waals surface area contributed by atoms with Crippen molar-refractivity contribution >= 4 is 23.5 Å². The van der Waals surface area contributed by atoms with E-state index >= 15 is 0 Å². The lowest BCUT2D eigenvalue weighted by molar-refractivity contribution is 0.306. The van der Waals surface area contributed by atoms with E-state index in [0.717, 1.165) is 30.0 Å². The highest BCUT2D eigenvalue weighted by molar-refractivity contribution is 6.30. The van der Waals surface area contributed by atoms with Gasteiger partial charge >= 0.3 is 0 Å². The van der Waals surface area contributed by atoms with Crippen LogP contribution in [0.4, 0.5) is 5.69 Å². The first-order chi connectivity index (χ1) is 10.8. The highest BCUT2D eigenvalue weighted by Crippen LogP contribution is 2.14. The van der Waals surface area contributed by atoms with Gasteiger partial charge in [0.05, 0.1) is 18.5 Å². The summed E-state index contributed by atoms with van der Waals surface area (Å²) in [5.74, 6) is 0.902. The molecule has 0 saturated heterocycles. The molecule has 0 saturated carbocycles. The first-order valence-electron chi connectivity index (χ1n) is 7.55. The molecule has 22 heavy (non-hydrogen) atoms. The number of benzene rings is 2. The fourth-order valence-corrected chi connectivity index (χ4v) is 2.02. The quantitative estimate of drug-likeness (QED) is 0.404. The monoisotopic (exact) mass is 316 g/mol. The van der Waals surface area contributed by atoms with E-state index in [9.17, 15) is 0 Å². The second kappa shape index (κ2) is 9.11. The van der Waals surface area contributed by atoms with E-state index < -0.39 is 0 Å². The van der Waals surface area contributed by atoms with Crippen molar-refractivity contribution in [2.75, 3.05) is 12.0 Å². The lowest BCUT2D eigenvalue weighted by atomic mass is 10.2. The molecule has 0 aromatic heterocycles. The van der Waals surface area contributed by atoms with Crippen LogP contribution in [0.2, 0.25) is 5.02 Å². The molecule has 0 spiro atoms.